The van der Waals surface area contributed by atoms with Gasteiger partial charge in [-0.2, -0.15) is 0 Å². The quantitative estimate of drug-likeness (QED) is 0.377. The molecule has 1 saturated carbocycles. The highest BCUT2D eigenvalue weighted by molar-refractivity contribution is 5.98. The largest absolute Gasteiger partial charge is 0.393 e. The number of esters is 2. The Morgan fingerprint density at radius 2 is 1.37 bits per heavy atom. The van der Waals surface area contributed by atoms with Gasteiger partial charge in [-0.3, -0.25) is 9.59 Å². The topological polar surface area (TPSA) is 43.4 Å². The molecular formula is C16H14O3. The van der Waals surface area contributed by atoms with Crippen molar-refractivity contribution in [3.05, 3.63) is 36.5 Å². The first-order valence-corrected chi connectivity index (χ1v) is 6.99. The lowest BCUT2D eigenvalue weighted by Gasteiger charge is -2.68. The summed E-state index contributed by atoms with van der Waals surface area (Å²) in [5.41, 5.74) is 0.123. The van der Waals surface area contributed by atoms with Crippen molar-refractivity contribution in [2.45, 2.75) is 12.8 Å². The van der Waals surface area contributed by atoms with E-state index in [0.29, 0.717) is 0 Å². The highest BCUT2D eigenvalue weighted by Gasteiger charge is 2.73. The zero-order chi connectivity index (χ0) is 12.8. The van der Waals surface area contributed by atoms with Gasteiger partial charge in [-0.15, -0.1) is 0 Å². The molecule has 0 spiro atoms. The van der Waals surface area contributed by atoms with Crippen LogP contribution < -0.4 is 0 Å². The van der Waals surface area contributed by atoms with Crippen LogP contribution in [0.25, 0.3) is 0 Å². The van der Waals surface area contributed by atoms with Crippen LogP contribution in [0.2, 0.25) is 0 Å². The Hall–Kier alpha value is -1.64. The monoisotopic (exact) mass is 254 g/mol. The molecule has 19 heavy (non-hydrogen) atoms. The van der Waals surface area contributed by atoms with Gasteiger partial charge in [0, 0.05) is 22.7 Å². The molecule has 1 aliphatic heterocycles. The van der Waals surface area contributed by atoms with E-state index in [1.165, 1.54) is 0 Å². The molecule has 1 heterocycles. The van der Waals surface area contributed by atoms with Crippen molar-refractivity contribution in [3.63, 3.8) is 0 Å². The second-order valence-corrected chi connectivity index (χ2v) is 6.52. The van der Waals surface area contributed by atoms with Crippen LogP contribution in [0.15, 0.2) is 36.5 Å². The molecular weight excluding hydrogens is 240 g/mol. The molecule has 0 aromatic rings. The third kappa shape index (κ3) is 0.814. The maximum Gasteiger partial charge on any atom is 0.318 e. The van der Waals surface area contributed by atoms with Gasteiger partial charge in [-0.05, 0) is 12.8 Å². The Labute approximate surface area is 111 Å². The van der Waals surface area contributed by atoms with Gasteiger partial charge in [0.25, 0.3) is 0 Å². The summed E-state index contributed by atoms with van der Waals surface area (Å²) in [6.07, 6.45) is 15.3. The van der Waals surface area contributed by atoms with Gasteiger partial charge < -0.3 is 4.74 Å². The van der Waals surface area contributed by atoms with Gasteiger partial charge in [-0.25, -0.2) is 0 Å². The fraction of sp³-hybridized carbons (Fsp3) is 0.500. The lowest BCUT2D eigenvalue weighted by Crippen LogP contribution is -2.65. The van der Waals surface area contributed by atoms with Crippen molar-refractivity contribution < 1.29 is 14.3 Å². The maximum atomic E-state index is 12.0. The first-order valence-electron chi connectivity index (χ1n) is 6.99. The van der Waals surface area contributed by atoms with Crippen molar-refractivity contribution >= 4 is 11.9 Å². The number of allylic oxidation sites excluding steroid dienone is 6. The molecule has 0 aromatic carbocycles. The minimum absolute atomic E-state index is 0.0615. The van der Waals surface area contributed by atoms with E-state index in [2.05, 4.69) is 36.5 Å². The fourth-order valence-corrected chi connectivity index (χ4v) is 5.43. The van der Waals surface area contributed by atoms with Gasteiger partial charge in [0.15, 0.2) is 0 Å². The average Bonchev–Trinajstić information content (AvgIpc) is 2.69. The van der Waals surface area contributed by atoms with E-state index in [1.807, 2.05) is 0 Å². The number of hydrogen-bond acceptors (Lipinski definition) is 3. The number of rotatable bonds is 0. The van der Waals surface area contributed by atoms with Crippen LogP contribution in [-0.4, -0.2) is 11.9 Å². The molecule has 0 radical (unpaired) electrons. The van der Waals surface area contributed by atoms with Gasteiger partial charge in [-0.1, -0.05) is 36.5 Å². The van der Waals surface area contributed by atoms with Crippen LogP contribution in [0.3, 0.4) is 0 Å². The van der Waals surface area contributed by atoms with Crippen molar-refractivity contribution in [1.29, 1.82) is 0 Å². The van der Waals surface area contributed by atoms with Gasteiger partial charge in [0.05, 0.1) is 11.8 Å². The highest BCUT2D eigenvalue weighted by atomic mass is 16.6. The average molecular weight is 254 g/mol. The second kappa shape index (κ2) is 2.77. The third-order valence-electron chi connectivity index (χ3n) is 6.24. The zero-order valence-corrected chi connectivity index (χ0v) is 10.4. The Bertz CT molecular complexity index is 563. The molecule has 0 aromatic heterocycles. The number of carbonyl (C=O) groups is 2. The Kier molecular flexibility index (Phi) is 1.48. The van der Waals surface area contributed by atoms with Gasteiger partial charge in [0.1, 0.15) is 0 Å². The van der Waals surface area contributed by atoms with E-state index in [-0.39, 0.29) is 46.4 Å². The standard InChI is InChI=1S/C16H14O3/c17-13-11-9-3-4-10(12(11)14(18)19-13)16-6-2-1-5-15(9,16)7-8-16/h1-4,7-12H,5-6H2. The van der Waals surface area contributed by atoms with Crippen molar-refractivity contribution in [3.8, 4) is 0 Å². The number of carbonyl (C=O) groups excluding carboxylic acids is 2. The SMILES string of the molecule is O=C1OC(=O)C2C1C1C=CC2C23C=CC12CC=CC3. The van der Waals surface area contributed by atoms with Crippen LogP contribution in [0.1, 0.15) is 12.8 Å². The number of hydrogen-bond donors (Lipinski definition) is 0. The zero-order valence-electron chi connectivity index (χ0n) is 10.4. The molecule has 5 aliphatic carbocycles. The first-order chi connectivity index (χ1) is 9.20. The maximum absolute atomic E-state index is 12.0. The molecule has 2 fully saturated rings. The summed E-state index contributed by atoms with van der Waals surface area (Å²) in [6.45, 7) is 0. The molecule has 3 heteroatoms. The molecule has 96 valence electrons. The highest BCUT2D eigenvalue weighted by Crippen LogP contribution is 2.74. The molecule has 2 bridgehead atoms. The lowest BCUT2D eigenvalue weighted by molar-refractivity contribution is -0.154. The van der Waals surface area contributed by atoms with E-state index >= 15 is 0 Å². The summed E-state index contributed by atoms with van der Waals surface area (Å²) in [5.74, 6) is -0.814. The fourth-order valence-electron chi connectivity index (χ4n) is 5.43. The summed E-state index contributed by atoms with van der Waals surface area (Å²) in [4.78, 5) is 24.1. The van der Waals surface area contributed by atoms with Crippen LogP contribution >= 0.6 is 0 Å². The van der Waals surface area contributed by atoms with Crippen molar-refractivity contribution in [2.24, 2.45) is 34.5 Å². The lowest BCUT2D eigenvalue weighted by atomic mass is 9.33. The Morgan fingerprint density at radius 1 is 0.895 bits per heavy atom. The molecule has 6 rings (SSSR count). The predicted octanol–water partition coefficient (Wildman–Crippen LogP) is 2.01. The van der Waals surface area contributed by atoms with Gasteiger partial charge >= 0.3 is 11.9 Å². The summed E-state index contributed by atoms with van der Waals surface area (Å²) in [6, 6.07) is 0. The second-order valence-electron chi connectivity index (χ2n) is 6.52. The first kappa shape index (κ1) is 10.2. The Balaban J connectivity index is 1.77. The summed E-state index contributed by atoms with van der Waals surface area (Å²) in [5, 5.41) is 0. The van der Waals surface area contributed by atoms with E-state index < -0.39 is 0 Å². The van der Waals surface area contributed by atoms with E-state index in [4.69, 9.17) is 4.74 Å². The van der Waals surface area contributed by atoms with E-state index in [1.54, 1.807) is 0 Å². The summed E-state index contributed by atoms with van der Waals surface area (Å²) in [7, 11) is 0. The van der Waals surface area contributed by atoms with E-state index in [0.717, 1.165) is 12.8 Å². The predicted molar refractivity (Wildman–Crippen MR) is 66.6 cm³/mol. The normalized spacial score (nSPS) is 55.4. The molecule has 1 saturated heterocycles. The number of ether oxygens (including phenoxy) is 1. The van der Waals surface area contributed by atoms with Crippen LogP contribution in [0.5, 0.6) is 0 Å². The Morgan fingerprint density at radius 3 is 1.79 bits per heavy atom. The third-order valence-corrected chi connectivity index (χ3v) is 6.24. The minimum Gasteiger partial charge on any atom is -0.393 e. The smallest absolute Gasteiger partial charge is 0.318 e. The molecule has 6 atom stereocenters. The minimum atomic E-state index is -0.299. The van der Waals surface area contributed by atoms with Crippen LogP contribution in [0, 0.1) is 34.5 Å². The number of cyclic esters (lactones) is 2. The molecule has 0 amide bonds. The molecule has 3 nitrogen and oxygen atoms in total. The molecule has 6 unspecified atom stereocenters. The van der Waals surface area contributed by atoms with Crippen molar-refractivity contribution in [1.82, 2.24) is 0 Å². The summed E-state index contributed by atoms with van der Waals surface area (Å²) < 4.78 is 4.95. The van der Waals surface area contributed by atoms with Crippen LogP contribution in [0.4, 0.5) is 0 Å². The summed E-state index contributed by atoms with van der Waals surface area (Å²) >= 11 is 0. The van der Waals surface area contributed by atoms with Crippen molar-refractivity contribution in [2.75, 3.05) is 0 Å². The molecule has 0 N–H and O–H groups in total. The molecule has 6 aliphatic rings. The van der Waals surface area contributed by atoms with Gasteiger partial charge in [0.2, 0.25) is 0 Å². The van der Waals surface area contributed by atoms with E-state index in [9.17, 15) is 9.59 Å². The van der Waals surface area contributed by atoms with Crippen LogP contribution in [-0.2, 0) is 14.3 Å².